The number of aromatic nitrogens is 2. The van der Waals surface area contributed by atoms with E-state index >= 15 is 0 Å². The lowest BCUT2D eigenvalue weighted by Crippen LogP contribution is -2.20. The van der Waals surface area contributed by atoms with Gasteiger partial charge in [0.25, 0.3) is 0 Å². The fraction of sp³-hybridized carbons (Fsp3) is 0.667. The number of ether oxygens (including phenoxy) is 2. The molecule has 0 unspecified atom stereocenters. The van der Waals surface area contributed by atoms with E-state index in [1.165, 1.54) is 0 Å². The van der Waals surface area contributed by atoms with E-state index < -0.39 is 0 Å². The Morgan fingerprint density at radius 2 is 2.05 bits per heavy atom. The van der Waals surface area contributed by atoms with Gasteiger partial charge in [-0.3, -0.25) is 0 Å². The van der Waals surface area contributed by atoms with Gasteiger partial charge >= 0.3 is 5.97 Å². The number of anilines is 1. The lowest BCUT2D eigenvalue weighted by atomic mass is 9.99. The Labute approximate surface area is 125 Å². The molecule has 1 N–H and O–H groups in total. The molecule has 2 heterocycles. The van der Waals surface area contributed by atoms with Crippen molar-refractivity contribution in [3.63, 3.8) is 0 Å². The van der Waals surface area contributed by atoms with E-state index in [4.69, 9.17) is 9.47 Å². The van der Waals surface area contributed by atoms with Crippen molar-refractivity contribution in [2.45, 2.75) is 39.5 Å². The third kappa shape index (κ3) is 3.69. The number of esters is 1. The molecule has 1 aliphatic rings. The SMILES string of the molecule is CCNc1nc(C2CCOCC2)nc(C(=O)OCC)c1C. The van der Waals surface area contributed by atoms with Gasteiger partial charge in [-0.1, -0.05) is 0 Å². The van der Waals surface area contributed by atoms with Gasteiger partial charge < -0.3 is 14.8 Å². The van der Waals surface area contributed by atoms with Crippen molar-refractivity contribution in [2.75, 3.05) is 31.7 Å². The summed E-state index contributed by atoms with van der Waals surface area (Å²) in [7, 11) is 0. The van der Waals surface area contributed by atoms with E-state index in [0.29, 0.717) is 31.3 Å². The molecule has 1 aromatic rings. The summed E-state index contributed by atoms with van der Waals surface area (Å²) in [6, 6.07) is 0. The summed E-state index contributed by atoms with van der Waals surface area (Å²) in [4.78, 5) is 21.2. The van der Waals surface area contributed by atoms with Crippen molar-refractivity contribution in [1.29, 1.82) is 0 Å². The molecule has 116 valence electrons. The molecule has 1 aliphatic heterocycles. The van der Waals surface area contributed by atoms with Crippen molar-refractivity contribution >= 4 is 11.8 Å². The Bertz CT molecular complexity index is 499. The lowest BCUT2D eigenvalue weighted by Gasteiger charge is -2.22. The lowest BCUT2D eigenvalue weighted by molar-refractivity contribution is 0.0517. The summed E-state index contributed by atoms with van der Waals surface area (Å²) < 4.78 is 10.5. The van der Waals surface area contributed by atoms with Crippen LogP contribution in [0.25, 0.3) is 0 Å². The summed E-state index contributed by atoms with van der Waals surface area (Å²) in [6.45, 7) is 8.15. The summed E-state index contributed by atoms with van der Waals surface area (Å²) >= 11 is 0. The van der Waals surface area contributed by atoms with Gasteiger partial charge in [0.2, 0.25) is 0 Å². The first kappa shape index (κ1) is 15.7. The van der Waals surface area contributed by atoms with Crippen molar-refractivity contribution in [2.24, 2.45) is 0 Å². The van der Waals surface area contributed by atoms with E-state index in [2.05, 4.69) is 15.3 Å². The predicted octanol–water partition coefficient (Wildman–Crippen LogP) is 2.29. The van der Waals surface area contributed by atoms with Crippen LogP contribution < -0.4 is 5.32 Å². The molecule has 0 amide bonds. The maximum Gasteiger partial charge on any atom is 0.357 e. The fourth-order valence-corrected chi connectivity index (χ4v) is 2.41. The number of hydrogen-bond acceptors (Lipinski definition) is 6. The van der Waals surface area contributed by atoms with Gasteiger partial charge in [0.05, 0.1) is 6.61 Å². The highest BCUT2D eigenvalue weighted by Crippen LogP contribution is 2.27. The summed E-state index contributed by atoms with van der Waals surface area (Å²) in [5.41, 5.74) is 1.11. The molecular formula is C15H23N3O3. The molecule has 2 rings (SSSR count). The molecule has 0 radical (unpaired) electrons. The minimum absolute atomic E-state index is 0.241. The number of carbonyl (C=O) groups is 1. The summed E-state index contributed by atoms with van der Waals surface area (Å²) in [5.74, 6) is 1.29. The van der Waals surface area contributed by atoms with Gasteiger partial charge in [0.1, 0.15) is 11.6 Å². The fourth-order valence-electron chi connectivity index (χ4n) is 2.41. The Morgan fingerprint density at radius 3 is 2.67 bits per heavy atom. The molecule has 0 aromatic carbocycles. The van der Waals surface area contributed by atoms with Crippen LogP contribution in [-0.4, -0.2) is 42.3 Å². The zero-order valence-corrected chi connectivity index (χ0v) is 12.9. The summed E-state index contributed by atoms with van der Waals surface area (Å²) in [5, 5.41) is 3.20. The number of rotatable bonds is 5. The molecule has 1 aromatic heterocycles. The number of nitrogens with zero attached hydrogens (tertiary/aromatic N) is 2. The first-order chi connectivity index (χ1) is 10.2. The van der Waals surface area contributed by atoms with Crippen LogP contribution >= 0.6 is 0 Å². The van der Waals surface area contributed by atoms with Gasteiger partial charge in [-0.2, -0.15) is 0 Å². The smallest absolute Gasteiger partial charge is 0.357 e. The standard InChI is InChI=1S/C15H23N3O3/c1-4-16-13-10(3)12(15(19)21-5-2)17-14(18-13)11-6-8-20-9-7-11/h11H,4-9H2,1-3H3,(H,16,17,18). The molecule has 0 saturated carbocycles. The van der Waals surface area contributed by atoms with Gasteiger partial charge in [-0.05, 0) is 33.6 Å². The van der Waals surface area contributed by atoms with E-state index in [-0.39, 0.29) is 11.9 Å². The van der Waals surface area contributed by atoms with Crippen LogP contribution in [0.15, 0.2) is 0 Å². The molecule has 1 saturated heterocycles. The molecule has 0 atom stereocenters. The van der Waals surface area contributed by atoms with Crippen LogP contribution in [0.4, 0.5) is 5.82 Å². The zero-order chi connectivity index (χ0) is 15.2. The van der Waals surface area contributed by atoms with E-state index in [9.17, 15) is 4.79 Å². The third-order valence-corrected chi connectivity index (χ3v) is 3.56. The molecule has 0 bridgehead atoms. The first-order valence-electron chi connectivity index (χ1n) is 7.54. The molecule has 6 nitrogen and oxygen atoms in total. The van der Waals surface area contributed by atoms with E-state index in [0.717, 1.165) is 30.8 Å². The van der Waals surface area contributed by atoms with Gasteiger partial charge in [0.15, 0.2) is 5.69 Å². The average molecular weight is 293 g/mol. The molecule has 0 aliphatic carbocycles. The highest BCUT2D eigenvalue weighted by Gasteiger charge is 2.24. The monoisotopic (exact) mass is 293 g/mol. The van der Waals surface area contributed by atoms with Gasteiger partial charge in [-0.25, -0.2) is 14.8 Å². The zero-order valence-electron chi connectivity index (χ0n) is 12.9. The van der Waals surface area contributed by atoms with E-state index in [1.54, 1.807) is 6.92 Å². The van der Waals surface area contributed by atoms with Gasteiger partial charge in [-0.15, -0.1) is 0 Å². The highest BCUT2D eigenvalue weighted by molar-refractivity contribution is 5.90. The van der Waals surface area contributed by atoms with Crippen molar-refractivity contribution in [3.8, 4) is 0 Å². The molecular weight excluding hydrogens is 270 g/mol. The van der Waals surface area contributed by atoms with Crippen LogP contribution in [0, 0.1) is 6.92 Å². The van der Waals surface area contributed by atoms with E-state index in [1.807, 2.05) is 13.8 Å². The second-order valence-corrected chi connectivity index (χ2v) is 5.04. The number of nitrogens with one attached hydrogen (secondary N) is 1. The topological polar surface area (TPSA) is 73.3 Å². The largest absolute Gasteiger partial charge is 0.461 e. The second-order valence-electron chi connectivity index (χ2n) is 5.04. The van der Waals surface area contributed by atoms with Crippen molar-refractivity contribution < 1.29 is 14.3 Å². The Hall–Kier alpha value is -1.69. The summed E-state index contributed by atoms with van der Waals surface area (Å²) in [6.07, 6.45) is 1.77. The number of hydrogen-bond donors (Lipinski definition) is 1. The van der Waals surface area contributed by atoms with Gasteiger partial charge in [0, 0.05) is 31.2 Å². The third-order valence-electron chi connectivity index (χ3n) is 3.56. The van der Waals surface area contributed by atoms with Crippen molar-refractivity contribution in [1.82, 2.24) is 9.97 Å². The average Bonchev–Trinajstić information content (AvgIpc) is 2.50. The maximum atomic E-state index is 12.1. The molecule has 1 fully saturated rings. The van der Waals surface area contributed by atoms with Crippen LogP contribution in [-0.2, 0) is 9.47 Å². The maximum absolute atomic E-state index is 12.1. The Morgan fingerprint density at radius 1 is 1.33 bits per heavy atom. The molecule has 0 spiro atoms. The van der Waals surface area contributed by atoms with Crippen LogP contribution in [0.5, 0.6) is 0 Å². The Balaban J connectivity index is 2.37. The van der Waals surface area contributed by atoms with Crippen LogP contribution in [0.3, 0.4) is 0 Å². The predicted molar refractivity (Wildman–Crippen MR) is 79.7 cm³/mol. The normalized spacial score (nSPS) is 15.8. The second kappa shape index (κ2) is 7.36. The minimum Gasteiger partial charge on any atom is -0.461 e. The van der Waals surface area contributed by atoms with Crippen molar-refractivity contribution in [3.05, 3.63) is 17.1 Å². The molecule has 21 heavy (non-hydrogen) atoms. The minimum atomic E-state index is -0.384. The first-order valence-corrected chi connectivity index (χ1v) is 7.54. The highest BCUT2D eigenvalue weighted by atomic mass is 16.5. The quantitative estimate of drug-likeness (QED) is 0.840. The van der Waals surface area contributed by atoms with Crippen LogP contribution in [0.1, 0.15) is 54.5 Å². The number of carbonyl (C=O) groups excluding carboxylic acids is 1. The Kier molecular flexibility index (Phi) is 5.50. The molecule has 6 heteroatoms. The van der Waals surface area contributed by atoms with Crippen LogP contribution in [0.2, 0.25) is 0 Å².